The Labute approximate surface area is 109 Å². The van der Waals surface area contributed by atoms with E-state index >= 15 is 0 Å². The second kappa shape index (κ2) is 5.43. The van der Waals surface area contributed by atoms with Gasteiger partial charge in [0, 0.05) is 6.54 Å². The second-order valence-electron chi connectivity index (χ2n) is 3.38. The van der Waals surface area contributed by atoms with Crippen molar-refractivity contribution in [3.8, 4) is 0 Å². The van der Waals surface area contributed by atoms with Crippen molar-refractivity contribution < 1.29 is 32.3 Å². The Kier molecular flexibility index (Phi) is 4.35. The van der Waals surface area contributed by atoms with Crippen LogP contribution in [-0.2, 0) is 11.3 Å². The van der Waals surface area contributed by atoms with Crippen LogP contribution in [-0.4, -0.2) is 23.2 Å². The fourth-order valence-electron chi connectivity index (χ4n) is 1.20. The van der Waals surface area contributed by atoms with Crippen LogP contribution in [0.1, 0.15) is 15.9 Å². The highest BCUT2D eigenvalue weighted by Gasteiger charge is 2.38. The topological polar surface area (TPSA) is 66.4 Å². The average molecular weight is 300 g/mol. The highest BCUT2D eigenvalue weighted by molar-refractivity contribution is 6.34. The van der Waals surface area contributed by atoms with Gasteiger partial charge in [0.2, 0.25) is 0 Å². The van der Waals surface area contributed by atoms with E-state index in [1.807, 2.05) is 0 Å². The van der Waals surface area contributed by atoms with Crippen molar-refractivity contribution in [3.05, 3.63) is 34.1 Å². The van der Waals surface area contributed by atoms with Crippen molar-refractivity contribution in [1.82, 2.24) is 5.32 Å². The lowest BCUT2D eigenvalue weighted by atomic mass is 10.1. The number of nitrogens with one attached hydrogen (secondary N) is 1. The Balaban J connectivity index is 2.95. The summed E-state index contributed by atoms with van der Waals surface area (Å²) in [5.41, 5.74) is -1.00. The van der Waals surface area contributed by atoms with Gasteiger partial charge in [-0.15, -0.1) is 0 Å². The summed E-state index contributed by atoms with van der Waals surface area (Å²) >= 11 is 5.55. The molecule has 1 amide bonds. The quantitative estimate of drug-likeness (QED) is 0.842. The van der Waals surface area contributed by atoms with Gasteiger partial charge in [0.05, 0.1) is 5.02 Å². The van der Waals surface area contributed by atoms with E-state index < -0.39 is 41.0 Å². The summed E-state index contributed by atoms with van der Waals surface area (Å²) in [5, 5.41) is 9.63. The molecule has 0 spiro atoms. The molecule has 0 saturated heterocycles. The minimum Gasteiger partial charge on any atom is -0.478 e. The normalized spacial score (nSPS) is 11.2. The Morgan fingerprint density at radius 2 is 1.89 bits per heavy atom. The van der Waals surface area contributed by atoms with Crippen LogP contribution < -0.4 is 5.32 Å². The van der Waals surface area contributed by atoms with Crippen LogP contribution >= 0.6 is 11.6 Å². The molecule has 2 N–H and O–H groups in total. The zero-order valence-electron chi connectivity index (χ0n) is 9.02. The Bertz CT molecular complexity index is 530. The molecular weight excluding hydrogens is 294 g/mol. The van der Waals surface area contributed by atoms with E-state index in [9.17, 15) is 27.2 Å². The van der Waals surface area contributed by atoms with Gasteiger partial charge in [-0.3, -0.25) is 4.79 Å². The molecule has 0 heterocycles. The van der Waals surface area contributed by atoms with Crippen LogP contribution in [0.25, 0.3) is 0 Å². The van der Waals surface area contributed by atoms with Gasteiger partial charge in [0.25, 0.3) is 0 Å². The van der Waals surface area contributed by atoms with Gasteiger partial charge in [-0.1, -0.05) is 17.7 Å². The first kappa shape index (κ1) is 15.2. The van der Waals surface area contributed by atoms with Gasteiger partial charge in [0.15, 0.2) is 0 Å². The molecule has 19 heavy (non-hydrogen) atoms. The van der Waals surface area contributed by atoms with Crippen molar-refractivity contribution in [1.29, 1.82) is 0 Å². The number of halogens is 5. The maximum atomic E-state index is 13.1. The van der Waals surface area contributed by atoms with E-state index in [-0.39, 0.29) is 5.56 Å². The zero-order chi connectivity index (χ0) is 14.8. The highest BCUT2D eigenvalue weighted by atomic mass is 35.5. The number of carbonyl (C=O) groups is 2. The third-order valence-electron chi connectivity index (χ3n) is 2.08. The maximum Gasteiger partial charge on any atom is 0.471 e. The molecule has 4 nitrogen and oxygen atoms in total. The van der Waals surface area contributed by atoms with Crippen LogP contribution in [0.4, 0.5) is 17.6 Å². The number of carboxylic acid groups (broad SMARTS) is 1. The molecule has 0 aliphatic heterocycles. The summed E-state index contributed by atoms with van der Waals surface area (Å²) in [4.78, 5) is 21.3. The number of rotatable bonds is 3. The van der Waals surface area contributed by atoms with Crippen LogP contribution in [0.3, 0.4) is 0 Å². The third kappa shape index (κ3) is 3.57. The molecule has 0 aromatic heterocycles. The van der Waals surface area contributed by atoms with Crippen molar-refractivity contribution in [2.75, 3.05) is 0 Å². The summed E-state index contributed by atoms with van der Waals surface area (Å²) in [6.07, 6.45) is -5.07. The summed E-state index contributed by atoms with van der Waals surface area (Å²) in [6.45, 7) is -0.669. The molecule has 104 valence electrons. The Morgan fingerprint density at radius 1 is 1.32 bits per heavy atom. The molecule has 1 aromatic rings. The maximum absolute atomic E-state index is 13.1. The van der Waals surface area contributed by atoms with Crippen molar-refractivity contribution in [3.63, 3.8) is 0 Å². The van der Waals surface area contributed by atoms with Crippen LogP contribution in [0.5, 0.6) is 0 Å². The van der Waals surface area contributed by atoms with Gasteiger partial charge in [-0.25, -0.2) is 9.18 Å². The minimum absolute atomic E-state index is 0.141. The lowest BCUT2D eigenvalue weighted by Gasteiger charge is -2.10. The molecule has 1 aromatic carbocycles. The van der Waals surface area contributed by atoms with E-state index in [1.54, 1.807) is 0 Å². The fourth-order valence-corrected chi connectivity index (χ4v) is 1.50. The summed E-state index contributed by atoms with van der Waals surface area (Å²) in [5.74, 6) is -4.99. The number of aromatic carboxylic acids is 1. The molecule has 9 heteroatoms. The van der Waals surface area contributed by atoms with Gasteiger partial charge >= 0.3 is 18.1 Å². The van der Waals surface area contributed by atoms with E-state index in [0.717, 1.165) is 12.1 Å². The largest absolute Gasteiger partial charge is 0.478 e. The van der Waals surface area contributed by atoms with E-state index in [2.05, 4.69) is 0 Å². The summed E-state index contributed by atoms with van der Waals surface area (Å²) in [7, 11) is 0. The van der Waals surface area contributed by atoms with E-state index in [0.29, 0.717) is 0 Å². The number of carbonyl (C=O) groups excluding carboxylic acids is 1. The molecule has 0 radical (unpaired) electrons. The van der Waals surface area contributed by atoms with E-state index in [1.165, 1.54) is 5.32 Å². The minimum atomic E-state index is -5.07. The second-order valence-corrected chi connectivity index (χ2v) is 3.76. The SMILES string of the molecule is O=C(O)c1c(F)ccc(CNC(=O)C(F)(F)F)c1Cl. The number of hydrogen-bond acceptors (Lipinski definition) is 2. The summed E-state index contributed by atoms with van der Waals surface area (Å²) in [6, 6.07) is 1.73. The van der Waals surface area contributed by atoms with Crippen molar-refractivity contribution >= 4 is 23.5 Å². The van der Waals surface area contributed by atoms with Gasteiger partial charge in [-0.2, -0.15) is 13.2 Å². The third-order valence-corrected chi connectivity index (χ3v) is 2.51. The predicted octanol–water partition coefficient (Wildman–Crippen LogP) is 2.36. The van der Waals surface area contributed by atoms with Crippen LogP contribution in [0, 0.1) is 5.82 Å². The van der Waals surface area contributed by atoms with E-state index in [4.69, 9.17) is 16.7 Å². The molecule has 0 aliphatic carbocycles. The first-order valence-corrected chi connectivity index (χ1v) is 5.07. The van der Waals surface area contributed by atoms with Gasteiger partial charge in [-0.05, 0) is 11.6 Å². The monoisotopic (exact) mass is 299 g/mol. The van der Waals surface area contributed by atoms with Gasteiger partial charge < -0.3 is 10.4 Å². The fraction of sp³-hybridized carbons (Fsp3) is 0.200. The number of benzene rings is 1. The lowest BCUT2D eigenvalue weighted by Crippen LogP contribution is -2.36. The highest BCUT2D eigenvalue weighted by Crippen LogP contribution is 2.24. The smallest absolute Gasteiger partial charge is 0.471 e. The molecule has 1 rings (SSSR count). The number of amides is 1. The predicted molar refractivity (Wildman–Crippen MR) is 56.3 cm³/mol. The molecule has 0 unspecified atom stereocenters. The van der Waals surface area contributed by atoms with Crippen molar-refractivity contribution in [2.45, 2.75) is 12.7 Å². The van der Waals surface area contributed by atoms with Crippen molar-refractivity contribution in [2.24, 2.45) is 0 Å². The van der Waals surface area contributed by atoms with Gasteiger partial charge in [0.1, 0.15) is 11.4 Å². The molecule has 0 aliphatic rings. The first-order chi connectivity index (χ1) is 8.64. The molecule has 0 bridgehead atoms. The average Bonchev–Trinajstić information content (AvgIpc) is 2.25. The number of carboxylic acids is 1. The standard InChI is InChI=1S/C10H6ClF4NO3/c11-7-4(3-16-9(19)10(13,14)15)1-2-5(12)6(7)8(17)18/h1-2H,3H2,(H,16,19)(H,17,18). The van der Waals surface area contributed by atoms with Crippen LogP contribution in [0.15, 0.2) is 12.1 Å². The molecule has 0 saturated carbocycles. The zero-order valence-corrected chi connectivity index (χ0v) is 9.77. The number of hydrogen-bond donors (Lipinski definition) is 2. The molecule has 0 fully saturated rings. The Morgan fingerprint density at radius 3 is 2.37 bits per heavy atom. The first-order valence-electron chi connectivity index (χ1n) is 4.69. The van der Waals surface area contributed by atoms with Crippen LogP contribution in [0.2, 0.25) is 5.02 Å². The summed E-state index contributed by atoms with van der Waals surface area (Å²) < 4.78 is 48.9. The molecule has 0 atom stereocenters. The Hall–Kier alpha value is -1.83. The number of alkyl halides is 3. The lowest BCUT2D eigenvalue weighted by molar-refractivity contribution is -0.173. The molecular formula is C10H6ClF4NO3.